The van der Waals surface area contributed by atoms with Gasteiger partial charge in [-0.2, -0.15) is 0 Å². The molecule has 0 aromatic heterocycles. The van der Waals surface area contributed by atoms with E-state index in [0.29, 0.717) is 25.4 Å². The van der Waals surface area contributed by atoms with E-state index in [4.69, 9.17) is 14.6 Å². The quantitative estimate of drug-likeness (QED) is 0.640. The van der Waals surface area contributed by atoms with E-state index in [1.807, 2.05) is 0 Å². The Bertz CT molecular complexity index is 185. The maximum Gasteiger partial charge on any atom is 0.0698 e. The van der Waals surface area contributed by atoms with Crippen LogP contribution in [0.15, 0.2) is 0 Å². The lowest BCUT2D eigenvalue weighted by Crippen LogP contribution is -2.48. The van der Waals surface area contributed by atoms with E-state index >= 15 is 0 Å². The van der Waals surface area contributed by atoms with Crippen LogP contribution < -0.4 is 5.32 Å². The zero-order valence-electron chi connectivity index (χ0n) is 10.7. The molecule has 16 heavy (non-hydrogen) atoms. The molecule has 0 saturated heterocycles. The highest BCUT2D eigenvalue weighted by Crippen LogP contribution is 2.27. The summed E-state index contributed by atoms with van der Waals surface area (Å²) in [7, 11) is 0. The Hall–Kier alpha value is -0.160. The first-order valence-electron chi connectivity index (χ1n) is 6.11. The highest BCUT2D eigenvalue weighted by Gasteiger charge is 2.32. The summed E-state index contributed by atoms with van der Waals surface area (Å²) in [5.41, 5.74) is -0.0279. The fraction of sp³-hybridized carbons (Fsp3) is 1.00. The van der Waals surface area contributed by atoms with Crippen molar-refractivity contribution >= 4 is 0 Å². The number of aliphatic hydroxyl groups excluding tert-OH is 1. The van der Waals surface area contributed by atoms with Crippen LogP contribution in [0.2, 0.25) is 0 Å². The molecule has 0 aliphatic heterocycles. The molecule has 0 bridgehead atoms. The standard InChI is InChI=1S/C12H25NO3/c1-12(2,3)16-11-8-10(9-11)13-4-6-15-7-5-14/h10-11,13-14H,4-9H2,1-3H3. The first-order chi connectivity index (χ1) is 7.51. The summed E-state index contributed by atoms with van der Waals surface area (Å²) >= 11 is 0. The molecule has 1 fully saturated rings. The van der Waals surface area contributed by atoms with Gasteiger partial charge in [0.1, 0.15) is 0 Å². The second-order valence-electron chi connectivity index (χ2n) is 5.31. The lowest BCUT2D eigenvalue weighted by molar-refractivity contribution is -0.102. The van der Waals surface area contributed by atoms with Crippen LogP contribution in [-0.4, -0.2) is 49.2 Å². The summed E-state index contributed by atoms with van der Waals surface area (Å²) in [4.78, 5) is 0. The SMILES string of the molecule is CC(C)(C)OC1CC(NCCOCCO)C1. The van der Waals surface area contributed by atoms with Gasteiger partial charge in [-0.05, 0) is 33.6 Å². The number of hydrogen-bond donors (Lipinski definition) is 2. The first kappa shape index (κ1) is 13.9. The molecule has 0 amide bonds. The maximum absolute atomic E-state index is 8.51. The van der Waals surface area contributed by atoms with Crippen LogP contribution >= 0.6 is 0 Å². The molecular weight excluding hydrogens is 206 g/mol. The molecule has 4 nitrogen and oxygen atoms in total. The molecule has 1 aliphatic rings. The molecule has 0 spiro atoms. The van der Waals surface area contributed by atoms with Gasteiger partial charge in [-0.1, -0.05) is 0 Å². The number of aliphatic hydroxyl groups is 1. The highest BCUT2D eigenvalue weighted by atomic mass is 16.5. The number of ether oxygens (including phenoxy) is 2. The van der Waals surface area contributed by atoms with Crippen molar-refractivity contribution in [1.29, 1.82) is 0 Å². The lowest BCUT2D eigenvalue weighted by Gasteiger charge is -2.39. The molecule has 1 aliphatic carbocycles. The van der Waals surface area contributed by atoms with E-state index in [0.717, 1.165) is 19.4 Å². The summed E-state index contributed by atoms with van der Waals surface area (Å²) in [5, 5.41) is 11.9. The van der Waals surface area contributed by atoms with E-state index < -0.39 is 0 Å². The summed E-state index contributed by atoms with van der Waals surface area (Å²) < 4.78 is 11.0. The Balaban J connectivity index is 1.92. The lowest BCUT2D eigenvalue weighted by atomic mass is 9.88. The van der Waals surface area contributed by atoms with Gasteiger partial charge in [0.2, 0.25) is 0 Å². The largest absolute Gasteiger partial charge is 0.394 e. The van der Waals surface area contributed by atoms with Gasteiger partial charge in [-0.15, -0.1) is 0 Å². The molecule has 0 unspecified atom stereocenters. The van der Waals surface area contributed by atoms with Crippen LogP contribution in [0.25, 0.3) is 0 Å². The molecular formula is C12H25NO3. The van der Waals surface area contributed by atoms with Gasteiger partial charge in [-0.25, -0.2) is 0 Å². The average Bonchev–Trinajstić information content (AvgIpc) is 2.11. The Morgan fingerprint density at radius 3 is 2.50 bits per heavy atom. The van der Waals surface area contributed by atoms with Crippen molar-refractivity contribution in [2.24, 2.45) is 0 Å². The first-order valence-corrected chi connectivity index (χ1v) is 6.11. The molecule has 96 valence electrons. The second-order valence-corrected chi connectivity index (χ2v) is 5.31. The van der Waals surface area contributed by atoms with Crippen LogP contribution in [0.1, 0.15) is 33.6 Å². The van der Waals surface area contributed by atoms with Crippen molar-refractivity contribution in [2.45, 2.75) is 51.4 Å². The molecule has 0 heterocycles. The smallest absolute Gasteiger partial charge is 0.0698 e. The molecule has 1 saturated carbocycles. The van der Waals surface area contributed by atoms with E-state index in [9.17, 15) is 0 Å². The van der Waals surface area contributed by atoms with Crippen LogP contribution in [0.3, 0.4) is 0 Å². The van der Waals surface area contributed by atoms with Crippen LogP contribution in [0, 0.1) is 0 Å². The minimum Gasteiger partial charge on any atom is -0.394 e. The van der Waals surface area contributed by atoms with Crippen LogP contribution in [0.4, 0.5) is 0 Å². The third kappa shape index (κ3) is 5.80. The van der Waals surface area contributed by atoms with Gasteiger partial charge in [-0.3, -0.25) is 0 Å². The normalized spacial score (nSPS) is 25.5. The predicted octanol–water partition coefficient (Wildman–Crippen LogP) is 0.931. The van der Waals surface area contributed by atoms with Gasteiger partial charge >= 0.3 is 0 Å². The minimum atomic E-state index is -0.0279. The van der Waals surface area contributed by atoms with E-state index in [1.165, 1.54) is 0 Å². The number of hydrogen-bond acceptors (Lipinski definition) is 4. The minimum absolute atomic E-state index is 0.0279. The predicted molar refractivity (Wildman–Crippen MR) is 63.6 cm³/mol. The molecule has 0 radical (unpaired) electrons. The third-order valence-corrected chi connectivity index (χ3v) is 2.53. The van der Waals surface area contributed by atoms with Crippen molar-refractivity contribution in [1.82, 2.24) is 5.32 Å². The maximum atomic E-state index is 8.51. The van der Waals surface area contributed by atoms with Crippen molar-refractivity contribution < 1.29 is 14.6 Å². The Morgan fingerprint density at radius 2 is 1.94 bits per heavy atom. The van der Waals surface area contributed by atoms with Crippen molar-refractivity contribution in [3.63, 3.8) is 0 Å². The Morgan fingerprint density at radius 1 is 1.25 bits per heavy atom. The van der Waals surface area contributed by atoms with Crippen molar-refractivity contribution in [2.75, 3.05) is 26.4 Å². The van der Waals surface area contributed by atoms with Gasteiger partial charge in [0.05, 0.1) is 31.5 Å². The fourth-order valence-electron chi connectivity index (χ4n) is 1.83. The van der Waals surface area contributed by atoms with Crippen LogP contribution in [-0.2, 0) is 9.47 Å². The highest BCUT2D eigenvalue weighted by molar-refractivity contribution is 4.87. The summed E-state index contributed by atoms with van der Waals surface area (Å²) in [6.07, 6.45) is 2.60. The fourth-order valence-corrected chi connectivity index (χ4v) is 1.83. The van der Waals surface area contributed by atoms with Gasteiger partial charge in [0, 0.05) is 12.6 Å². The number of rotatable bonds is 7. The molecule has 0 aromatic carbocycles. The second kappa shape index (κ2) is 6.55. The van der Waals surface area contributed by atoms with Gasteiger partial charge in [0.25, 0.3) is 0 Å². The van der Waals surface area contributed by atoms with Crippen LogP contribution in [0.5, 0.6) is 0 Å². The topological polar surface area (TPSA) is 50.7 Å². The average molecular weight is 231 g/mol. The summed E-state index contributed by atoms with van der Waals surface area (Å²) in [6.45, 7) is 8.34. The van der Waals surface area contributed by atoms with E-state index in [-0.39, 0.29) is 12.2 Å². The van der Waals surface area contributed by atoms with E-state index in [2.05, 4.69) is 26.1 Å². The van der Waals surface area contributed by atoms with Crippen molar-refractivity contribution in [3.8, 4) is 0 Å². The molecule has 0 aromatic rings. The molecule has 2 N–H and O–H groups in total. The summed E-state index contributed by atoms with van der Waals surface area (Å²) in [6, 6.07) is 0.574. The van der Waals surface area contributed by atoms with Crippen molar-refractivity contribution in [3.05, 3.63) is 0 Å². The monoisotopic (exact) mass is 231 g/mol. The summed E-state index contributed by atoms with van der Waals surface area (Å²) in [5.74, 6) is 0. The zero-order valence-corrected chi connectivity index (χ0v) is 10.7. The third-order valence-electron chi connectivity index (χ3n) is 2.53. The Labute approximate surface area is 98.3 Å². The molecule has 0 atom stereocenters. The molecule has 1 rings (SSSR count). The van der Waals surface area contributed by atoms with Gasteiger partial charge < -0.3 is 19.9 Å². The van der Waals surface area contributed by atoms with Gasteiger partial charge in [0.15, 0.2) is 0 Å². The Kier molecular flexibility index (Phi) is 5.69. The van der Waals surface area contributed by atoms with E-state index in [1.54, 1.807) is 0 Å². The number of nitrogens with one attached hydrogen (secondary N) is 1. The zero-order chi connectivity index (χ0) is 12.0. The molecule has 4 heteroatoms.